The van der Waals surface area contributed by atoms with Crippen LogP contribution in [0, 0.1) is 0 Å². The first-order valence-electron chi connectivity index (χ1n) is 6.46. The molecule has 0 spiro atoms. The molecule has 0 unspecified atom stereocenters. The Hall–Kier alpha value is -2.29. The average molecular weight is 330 g/mol. The van der Waals surface area contributed by atoms with Crippen LogP contribution in [0.3, 0.4) is 0 Å². The standard InChI is InChI=1S/C13H18N2O6S/c1-3-4-9(12(16)17)10-7-8(21-22(2,19)20)5-6-11(10)15-13(14)18/h5-7,9H,3-4H2,1-2H3,(H,16,17)(H3,14,15,18)/t9-/m1/s1. The van der Waals surface area contributed by atoms with Crippen molar-refractivity contribution in [2.24, 2.45) is 5.73 Å². The molecule has 2 amide bonds. The summed E-state index contributed by atoms with van der Waals surface area (Å²) in [7, 11) is -3.75. The zero-order chi connectivity index (χ0) is 16.9. The number of urea groups is 1. The summed E-state index contributed by atoms with van der Waals surface area (Å²) in [6, 6.07) is 3.09. The van der Waals surface area contributed by atoms with Gasteiger partial charge in [0.25, 0.3) is 0 Å². The number of carboxylic acids is 1. The second kappa shape index (κ2) is 7.12. The lowest BCUT2D eigenvalue weighted by Crippen LogP contribution is -2.22. The lowest BCUT2D eigenvalue weighted by Gasteiger charge is -2.17. The van der Waals surface area contributed by atoms with Crippen molar-refractivity contribution in [3.8, 4) is 5.75 Å². The lowest BCUT2D eigenvalue weighted by molar-refractivity contribution is -0.139. The molecule has 9 heteroatoms. The predicted octanol–water partition coefficient (Wildman–Crippen LogP) is 1.48. The Balaban J connectivity index is 3.35. The molecule has 0 bridgehead atoms. The van der Waals surface area contributed by atoms with Crippen molar-refractivity contribution in [3.05, 3.63) is 23.8 Å². The highest BCUT2D eigenvalue weighted by atomic mass is 32.2. The topological polar surface area (TPSA) is 136 Å². The maximum Gasteiger partial charge on any atom is 0.316 e. The third-order valence-electron chi connectivity index (χ3n) is 2.78. The van der Waals surface area contributed by atoms with Crippen molar-refractivity contribution in [3.63, 3.8) is 0 Å². The number of nitrogens with two attached hydrogens (primary N) is 1. The summed E-state index contributed by atoms with van der Waals surface area (Å²) in [5.41, 5.74) is 5.49. The van der Waals surface area contributed by atoms with Crippen LogP contribution in [0.4, 0.5) is 10.5 Å². The number of hydrogen-bond acceptors (Lipinski definition) is 5. The summed E-state index contributed by atoms with van der Waals surface area (Å²) in [6.45, 7) is 1.81. The molecule has 0 aliphatic carbocycles. The normalized spacial score (nSPS) is 12.5. The van der Waals surface area contributed by atoms with Crippen LogP contribution in [0.1, 0.15) is 31.2 Å². The summed E-state index contributed by atoms with van der Waals surface area (Å²) in [5, 5.41) is 11.7. The van der Waals surface area contributed by atoms with E-state index in [-0.39, 0.29) is 17.0 Å². The number of anilines is 1. The number of nitrogens with one attached hydrogen (secondary N) is 1. The van der Waals surface area contributed by atoms with E-state index in [0.717, 1.165) is 6.26 Å². The van der Waals surface area contributed by atoms with E-state index in [2.05, 4.69) is 5.32 Å². The molecule has 0 aliphatic heterocycles. The number of amides is 2. The van der Waals surface area contributed by atoms with Crippen molar-refractivity contribution >= 4 is 27.8 Å². The first kappa shape index (κ1) is 17.8. The molecule has 0 aliphatic rings. The zero-order valence-electron chi connectivity index (χ0n) is 12.2. The van der Waals surface area contributed by atoms with Gasteiger partial charge in [0.2, 0.25) is 0 Å². The smallest absolute Gasteiger partial charge is 0.316 e. The van der Waals surface area contributed by atoms with Gasteiger partial charge in [-0.2, -0.15) is 8.42 Å². The minimum Gasteiger partial charge on any atom is -0.481 e. The van der Waals surface area contributed by atoms with Gasteiger partial charge in [-0.25, -0.2) is 4.79 Å². The third kappa shape index (κ3) is 5.24. The van der Waals surface area contributed by atoms with Gasteiger partial charge in [-0.15, -0.1) is 0 Å². The molecule has 8 nitrogen and oxygen atoms in total. The van der Waals surface area contributed by atoms with Gasteiger partial charge in [0.1, 0.15) is 5.75 Å². The molecule has 1 aromatic rings. The van der Waals surface area contributed by atoms with E-state index in [0.29, 0.717) is 12.8 Å². The Morgan fingerprint density at radius 1 is 1.41 bits per heavy atom. The highest BCUT2D eigenvalue weighted by molar-refractivity contribution is 7.86. The fourth-order valence-corrected chi connectivity index (χ4v) is 2.46. The fraction of sp³-hybridized carbons (Fsp3) is 0.385. The fourth-order valence-electron chi connectivity index (χ4n) is 2.00. The van der Waals surface area contributed by atoms with Gasteiger partial charge < -0.3 is 20.3 Å². The van der Waals surface area contributed by atoms with Crippen molar-refractivity contribution in [2.45, 2.75) is 25.7 Å². The molecular weight excluding hydrogens is 312 g/mol. The van der Waals surface area contributed by atoms with Crippen molar-refractivity contribution in [2.75, 3.05) is 11.6 Å². The molecule has 1 rings (SSSR count). The van der Waals surface area contributed by atoms with Gasteiger partial charge in [-0.1, -0.05) is 13.3 Å². The van der Waals surface area contributed by atoms with E-state index in [1.807, 2.05) is 6.92 Å². The van der Waals surface area contributed by atoms with Crippen LogP contribution < -0.4 is 15.2 Å². The molecule has 0 saturated carbocycles. The van der Waals surface area contributed by atoms with Crippen LogP contribution in [0.25, 0.3) is 0 Å². The van der Waals surface area contributed by atoms with E-state index >= 15 is 0 Å². The third-order valence-corrected chi connectivity index (χ3v) is 3.27. The first-order chi connectivity index (χ1) is 10.1. The number of hydrogen-bond donors (Lipinski definition) is 3. The minimum atomic E-state index is -3.75. The van der Waals surface area contributed by atoms with Crippen LogP contribution in [0.5, 0.6) is 5.75 Å². The quantitative estimate of drug-likeness (QED) is 0.648. The molecule has 0 radical (unpaired) electrons. The van der Waals surface area contributed by atoms with Crippen LogP contribution in [-0.4, -0.2) is 31.8 Å². The largest absolute Gasteiger partial charge is 0.481 e. The molecule has 122 valence electrons. The Morgan fingerprint density at radius 2 is 2.05 bits per heavy atom. The van der Waals surface area contributed by atoms with Gasteiger partial charge in [0.15, 0.2) is 0 Å². The SMILES string of the molecule is CCC[C@@H](C(=O)O)c1cc(OS(C)(=O)=O)ccc1NC(N)=O. The molecule has 0 fully saturated rings. The highest BCUT2D eigenvalue weighted by Gasteiger charge is 2.23. The highest BCUT2D eigenvalue weighted by Crippen LogP contribution is 2.32. The van der Waals surface area contributed by atoms with Crippen molar-refractivity contribution in [1.82, 2.24) is 0 Å². The lowest BCUT2D eigenvalue weighted by atomic mass is 9.93. The van der Waals surface area contributed by atoms with E-state index in [9.17, 15) is 23.1 Å². The van der Waals surface area contributed by atoms with Gasteiger partial charge >= 0.3 is 22.1 Å². The number of carbonyl (C=O) groups excluding carboxylic acids is 1. The number of rotatable bonds is 7. The average Bonchev–Trinajstić information content (AvgIpc) is 2.35. The molecule has 1 atom stereocenters. The number of carbonyl (C=O) groups is 2. The van der Waals surface area contributed by atoms with E-state index in [1.165, 1.54) is 18.2 Å². The Bertz CT molecular complexity index is 671. The summed E-state index contributed by atoms with van der Waals surface area (Å²) in [4.78, 5) is 22.4. The maximum absolute atomic E-state index is 11.4. The summed E-state index contributed by atoms with van der Waals surface area (Å²) < 4.78 is 27.1. The number of carboxylic acid groups (broad SMARTS) is 1. The molecule has 4 N–H and O–H groups in total. The van der Waals surface area contributed by atoms with Gasteiger partial charge in [0.05, 0.1) is 12.2 Å². The number of aliphatic carboxylic acids is 1. The van der Waals surface area contributed by atoms with Crippen molar-refractivity contribution < 1.29 is 27.3 Å². The van der Waals surface area contributed by atoms with Gasteiger partial charge in [-0.3, -0.25) is 4.79 Å². The van der Waals surface area contributed by atoms with Crippen LogP contribution in [-0.2, 0) is 14.9 Å². The minimum absolute atomic E-state index is 0.0325. The van der Waals surface area contributed by atoms with E-state index < -0.39 is 28.0 Å². The molecule has 22 heavy (non-hydrogen) atoms. The second-order valence-corrected chi connectivity index (χ2v) is 6.28. The Morgan fingerprint density at radius 3 is 2.50 bits per heavy atom. The molecule has 0 heterocycles. The number of benzene rings is 1. The van der Waals surface area contributed by atoms with E-state index in [1.54, 1.807) is 0 Å². The van der Waals surface area contributed by atoms with Crippen LogP contribution in [0.15, 0.2) is 18.2 Å². The van der Waals surface area contributed by atoms with E-state index in [4.69, 9.17) is 9.92 Å². The Kier molecular flexibility index (Phi) is 5.75. The Labute approximate surface area is 128 Å². The zero-order valence-corrected chi connectivity index (χ0v) is 13.0. The first-order valence-corrected chi connectivity index (χ1v) is 8.28. The molecule has 1 aromatic carbocycles. The summed E-state index contributed by atoms with van der Waals surface area (Å²) >= 11 is 0. The second-order valence-electron chi connectivity index (χ2n) is 4.71. The summed E-state index contributed by atoms with van der Waals surface area (Å²) in [5.74, 6) is -2.05. The molecular formula is C13H18N2O6S. The van der Waals surface area contributed by atoms with Gasteiger partial charge in [-0.05, 0) is 30.2 Å². The van der Waals surface area contributed by atoms with Crippen LogP contribution >= 0.6 is 0 Å². The number of primary amides is 1. The monoisotopic (exact) mass is 330 g/mol. The van der Waals surface area contributed by atoms with Crippen LogP contribution in [0.2, 0.25) is 0 Å². The molecule has 0 aromatic heterocycles. The summed E-state index contributed by atoms with van der Waals surface area (Å²) in [6.07, 6.45) is 1.78. The molecule has 0 saturated heterocycles. The van der Waals surface area contributed by atoms with Crippen molar-refractivity contribution in [1.29, 1.82) is 0 Å². The predicted molar refractivity (Wildman–Crippen MR) is 80.4 cm³/mol. The maximum atomic E-state index is 11.4. The van der Waals surface area contributed by atoms with Gasteiger partial charge in [0, 0.05) is 5.69 Å².